The van der Waals surface area contributed by atoms with Crippen LogP contribution in [0.5, 0.6) is 0 Å². The Bertz CT molecular complexity index is 1180. The van der Waals surface area contributed by atoms with Crippen LogP contribution in [0.4, 0.5) is 4.39 Å². The number of azide groups is 1. The van der Waals surface area contributed by atoms with E-state index >= 15 is 0 Å². The zero-order valence-electron chi connectivity index (χ0n) is 15.4. The number of alkyl halides is 1. The Morgan fingerprint density at radius 3 is 2.62 bits per heavy atom. The van der Waals surface area contributed by atoms with Crippen LogP contribution in [0, 0.1) is 6.92 Å². The quantitative estimate of drug-likeness (QED) is 0.110. The number of ether oxygens (including phenoxy) is 1. The molecule has 1 aliphatic rings. The molecule has 1 aromatic rings. The predicted molar refractivity (Wildman–Crippen MR) is 109 cm³/mol. The van der Waals surface area contributed by atoms with Crippen LogP contribution in [0.2, 0.25) is 0 Å². The third-order valence-corrected chi connectivity index (χ3v) is 8.64. The SMILES string of the molecule is [BH3-]P(=O)(OC[C@H]1O[C@@H](n2cc(C)c(=O)[nH]c2=O)C[C@H]1N=[N+]=[N-])OP(=O)(O)C(F)P(=O)(O)O. The average Bonchev–Trinajstić information content (AvgIpc) is 3.04. The Labute approximate surface area is 178 Å². The van der Waals surface area contributed by atoms with Crippen molar-refractivity contribution in [3.8, 4) is 0 Å². The molecule has 180 valence electrons. The zero-order chi connectivity index (χ0) is 24.5. The van der Waals surface area contributed by atoms with Gasteiger partial charge in [-0.2, -0.15) is 0 Å². The Morgan fingerprint density at radius 1 is 1.44 bits per heavy atom. The molecule has 32 heavy (non-hydrogen) atoms. The summed E-state index contributed by atoms with van der Waals surface area (Å²) in [5, 5.41) is 3.50. The highest BCUT2D eigenvalue weighted by molar-refractivity contribution is 7.85. The number of hydrogen-bond donors (Lipinski definition) is 4. The molecule has 0 radical (unpaired) electrons. The van der Waals surface area contributed by atoms with Gasteiger partial charge in [0.15, 0.2) is 7.47 Å². The molecule has 21 heteroatoms. The second kappa shape index (κ2) is 9.74. The fourth-order valence-electron chi connectivity index (χ4n) is 2.51. The Balaban J connectivity index is 2.16. The number of nitrogens with zero attached hydrogens (tertiary/aromatic N) is 4. The van der Waals surface area contributed by atoms with Gasteiger partial charge in [0, 0.05) is 23.1 Å². The maximum absolute atomic E-state index is 13.6. The predicted octanol–water partition coefficient (Wildman–Crippen LogP) is -0.0657. The zero-order valence-corrected chi connectivity index (χ0v) is 18.1. The van der Waals surface area contributed by atoms with Crippen LogP contribution in [0.25, 0.3) is 10.4 Å². The molecular weight excluding hydrogens is 501 g/mol. The number of aryl methyl sites for hydroxylation is 1. The number of rotatable bonds is 9. The Morgan fingerprint density at radius 2 is 2.06 bits per heavy atom. The molecule has 0 saturated carbocycles. The normalized spacial score (nSPS) is 26.0. The standard InChI is InChI=1S/C11H19BFN5O11P3/c1-5-3-18(11(20)15-9(5)19)8-2-6(16-17-14)7(28-8)4-27-32(12,26)29-31(24,25)10(13)30(21,22)23/h3,6-8,10H,2,4H2,1,12H3,(H,24,25)(H,15,19,20)(H2,21,22,23)/q-1/t6-,7-,8-,10?,32?/m1/s1. The first-order valence-electron chi connectivity index (χ1n) is 8.09. The third-order valence-electron chi connectivity index (χ3n) is 3.93. The summed E-state index contributed by atoms with van der Waals surface area (Å²) in [6.45, 7) is 0.808. The van der Waals surface area contributed by atoms with Crippen LogP contribution in [0.15, 0.2) is 20.9 Å². The van der Waals surface area contributed by atoms with Gasteiger partial charge in [0.2, 0.25) is 0 Å². The van der Waals surface area contributed by atoms with E-state index in [-0.39, 0.29) is 12.0 Å². The van der Waals surface area contributed by atoms with Crippen molar-refractivity contribution in [3.63, 3.8) is 0 Å². The number of aromatic amines is 1. The molecule has 1 fully saturated rings. The van der Waals surface area contributed by atoms with Crippen LogP contribution in [0.1, 0.15) is 18.2 Å². The fourth-order valence-corrected chi connectivity index (χ4v) is 5.94. The number of hydrogen-bond acceptors (Lipinski definition) is 9. The second-order valence-corrected chi connectivity index (χ2v) is 11.2. The molecule has 1 aliphatic heterocycles. The van der Waals surface area contributed by atoms with Crippen molar-refractivity contribution in [2.45, 2.75) is 37.4 Å². The van der Waals surface area contributed by atoms with Gasteiger partial charge >= 0.3 is 20.9 Å². The summed E-state index contributed by atoms with van der Waals surface area (Å²) in [5.74, 6) is 0. The van der Waals surface area contributed by atoms with Crippen molar-refractivity contribution < 1.29 is 46.3 Å². The number of halogens is 1. The van der Waals surface area contributed by atoms with E-state index in [9.17, 15) is 32.6 Å². The summed E-state index contributed by atoms with van der Waals surface area (Å²) < 4.78 is 64.5. The number of H-pyrrole nitrogens is 1. The second-order valence-electron chi connectivity index (χ2n) is 6.18. The minimum atomic E-state index is -5.67. The molecule has 0 bridgehead atoms. The molecule has 2 heterocycles. The molecule has 16 nitrogen and oxygen atoms in total. The number of nitrogens with one attached hydrogen (secondary N) is 1. The molecule has 1 aromatic heterocycles. The lowest BCUT2D eigenvalue weighted by molar-refractivity contribution is -0.0231. The summed E-state index contributed by atoms with van der Waals surface area (Å²) in [6.07, 6.45) is -0.958. The highest BCUT2D eigenvalue weighted by Crippen LogP contribution is 2.70. The van der Waals surface area contributed by atoms with E-state index in [0.29, 0.717) is 0 Å². The van der Waals surface area contributed by atoms with Crippen LogP contribution in [-0.4, -0.2) is 56.2 Å². The maximum Gasteiger partial charge on any atom is 0.379 e. The summed E-state index contributed by atoms with van der Waals surface area (Å²) >= 11 is 0. The molecule has 4 N–H and O–H groups in total. The first kappa shape index (κ1) is 26.7. The molecule has 6 atom stereocenters. The van der Waals surface area contributed by atoms with E-state index in [1.165, 1.54) is 13.1 Å². The summed E-state index contributed by atoms with van der Waals surface area (Å²) in [5.41, 5.74) is 3.92. The monoisotopic (exact) mass is 520 g/mol. The fraction of sp³-hybridized carbons (Fsp3) is 0.636. The van der Waals surface area contributed by atoms with Crippen molar-refractivity contribution in [1.29, 1.82) is 0 Å². The van der Waals surface area contributed by atoms with Crippen molar-refractivity contribution >= 4 is 30.2 Å². The van der Waals surface area contributed by atoms with Gasteiger partial charge in [-0.05, 0) is 12.5 Å². The molecule has 0 aromatic carbocycles. The van der Waals surface area contributed by atoms with Gasteiger partial charge in [0.25, 0.3) is 11.2 Å². The molecule has 0 spiro atoms. The van der Waals surface area contributed by atoms with Gasteiger partial charge < -0.3 is 28.5 Å². The van der Waals surface area contributed by atoms with Crippen molar-refractivity contribution in [1.82, 2.24) is 9.55 Å². The van der Waals surface area contributed by atoms with Crippen LogP contribution in [0.3, 0.4) is 0 Å². The highest BCUT2D eigenvalue weighted by Gasteiger charge is 2.48. The van der Waals surface area contributed by atoms with Gasteiger partial charge in [-0.15, -0.1) is 0 Å². The Kier molecular flexibility index (Phi) is 8.12. The van der Waals surface area contributed by atoms with E-state index in [0.717, 1.165) is 4.57 Å². The average molecular weight is 520 g/mol. The van der Waals surface area contributed by atoms with Crippen LogP contribution in [-0.2, 0) is 27.3 Å². The highest BCUT2D eigenvalue weighted by atomic mass is 31.3. The third kappa shape index (κ3) is 6.49. The number of aromatic nitrogens is 2. The van der Waals surface area contributed by atoms with E-state index in [4.69, 9.17) is 24.6 Å². The first-order chi connectivity index (χ1) is 14.6. The van der Waals surface area contributed by atoms with Gasteiger partial charge in [-0.1, -0.05) is 5.11 Å². The van der Waals surface area contributed by atoms with E-state index in [1.54, 1.807) is 0 Å². The lowest BCUT2D eigenvalue weighted by atomic mass is 10.1. The maximum atomic E-state index is 13.6. The lowest BCUT2D eigenvalue weighted by Crippen LogP contribution is -2.33. The summed E-state index contributed by atoms with van der Waals surface area (Å²) in [7, 11) is -17.2. The van der Waals surface area contributed by atoms with Gasteiger partial charge in [-0.3, -0.25) is 27.8 Å². The van der Waals surface area contributed by atoms with Crippen molar-refractivity contribution in [2.24, 2.45) is 5.11 Å². The van der Waals surface area contributed by atoms with Gasteiger partial charge in [0.1, 0.15) is 6.23 Å². The van der Waals surface area contributed by atoms with Crippen LogP contribution >= 0.6 is 22.7 Å². The van der Waals surface area contributed by atoms with Crippen molar-refractivity contribution in [3.05, 3.63) is 43.0 Å². The van der Waals surface area contributed by atoms with E-state index in [2.05, 4.69) is 19.3 Å². The van der Waals surface area contributed by atoms with Crippen LogP contribution < -0.4 is 11.2 Å². The van der Waals surface area contributed by atoms with E-state index in [1.807, 2.05) is 0 Å². The minimum Gasteiger partial charge on any atom is -0.352 e. The first-order valence-corrected chi connectivity index (χ1v) is 12.5. The smallest absolute Gasteiger partial charge is 0.352 e. The topological polar surface area (TPSA) is 243 Å². The molecule has 0 amide bonds. The summed E-state index contributed by atoms with van der Waals surface area (Å²) in [6, 6.07) is -0.950. The molecule has 3 unspecified atom stereocenters. The molecular formula is C11H19BFN5O11P3-. The Hall–Kier alpha value is -1.57. The molecule has 0 aliphatic carbocycles. The van der Waals surface area contributed by atoms with E-state index < -0.39 is 72.1 Å². The van der Waals surface area contributed by atoms with Gasteiger partial charge in [-0.25, -0.2) is 9.18 Å². The molecule has 2 rings (SSSR count). The van der Waals surface area contributed by atoms with Gasteiger partial charge in [0.05, 0.1) is 26.3 Å². The van der Waals surface area contributed by atoms with Crippen molar-refractivity contribution in [2.75, 3.05) is 6.61 Å². The summed E-state index contributed by atoms with van der Waals surface area (Å²) in [4.78, 5) is 55.1. The lowest BCUT2D eigenvalue weighted by Gasteiger charge is -2.26. The minimum absolute atomic E-state index is 0.0474. The molecule has 1 saturated heterocycles. The largest absolute Gasteiger partial charge is 0.379 e.